The standard InChI is InChI=1S/C24H30O4/c1-3-23(17-27-23)15-25-21-11-7-19(8-12-21)5-6-20-9-13-22(14-10-20)26-16-24(4-2)18-28-24/h7-14H,3-6,15-18H2,1-2H3. The molecule has 2 aliphatic heterocycles. The highest BCUT2D eigenvalue weighted by Gasteiger charge is 2.44. The summed E-state index contributed by atoms with van der Waals surface area (Å²) in [6.07, 6.45) is 4.02. The molecular weight excluding hydrogens is 352 g/mol. The smallest absolute Gasteiger partial charge is 0.125 e. The molecule has 2 aromatic carbocycles. The van der Waals surface area contributed by atoms with E-state index >= 15 is 0 Å². The van der Waals surface area contributed by atoms with E-state index in [1.165, 1.54) is 11.1 Å². The second kappa shape index (κ2) is 8.14. The Hall–Kier alpha value is -2.04. The summed E-state index contributed by atoms with van der Waals surface area (Å²) in [6.45, 7) is 7.20. The Labute approximate surface area is 167 Å². The van der Waals surface area contributed by atoms with Crippen LogP contribution in [0.4, 0.5) is 0 Å². The van der Waals surface area contributed by atoms with Crippen molar-refractivity contribution in [3.05, 3.63) is 59.7 Å². The van der Waals surface area contributed by atoms with Crippen molar-refractivity contribution >= 4 is 0 Å². The number of hydrogen-bond donors (Lipinski definition) is 0. The molecule has 0 aliphatic carbocycles. The predicted molar refractivity (Wildman–Crippen MR) is 109 cm³/mol. The highest BCUT2D eigenvalue weighted by atomic mass is 16.6. The molecule has 2 heterocycles. The molecule has 0 aromatic heterocycles. The van der Waals surface area contributed by atoms with Gasteiger partial charge in [0.25, 0.3) is 0 Å². The summed E-state index contributed by atoms with van der Waals surface area (Å²) in [5.74, 6) is 1.83. The zero-order chi connectivity index (χ0) is 19.5. The van der Waals surface area contributed by atoms with Crippen molar-refractivity contribution in [2.45, 2.75) is 50.7 Å². The molecule has 0 bridgehead atoms. The monoisotopic (exact) mass is 382 g/mol. The largest absolute Gasteiger partial charge is 0.490 e. The van der Waals surface area contributed by atoms with Gasteiger partial charge in [-0.25, -0.2) is 0 Å². The summed E-state index contributed by atoms with van der Waals surface area (Å²) in [7, 11) is 0. The van der Waals surface area contributed by atoms with Gasteiger partial charge in [0, 0.05) is 0 Å². The Bertz CT molecular complexity index is 691. The first-order valence-electron chi connectivity index (χ1n) is 10.4. The fourth-order valence-electron chi connectivity index (χ4n) is 3.21. The van der Waals surface area contributed by atoms with Crippen LogP contribution in [0.3, 0.4) is 0 Å². The minimum absolute atomic E-state index is 0.0304. The lowest BCUT2D eigenvalue weighted by Crippen LogP contribution is -2.20. The minimum atomic E-state index is -0.0304. The summed E-state index contributed by atoms with van der Waals surface area (Å²) >= 11 is 0. The maximum absolute atomic E-state index is 5.87. The molecule has 0 radical (unpaired) electrons. The Kier molecular flexibility index (Phi) is 5.61. The van der Waals surface area contributed by atoms with Gasteiger partial charge in [-0.3, -0.25) is 0 Å². The fraction of sp³-hybridized carbons (Fsp3) is 0.500. The van der Waals surface area contributed by atoms with Crippen molar-refractivity contribution in [2.24, 2.45) is 0 Å². The molecule has 0 N–H and O–H groups in total. The van der Waals surface area contributed by atoms with Gasteiger partial charge in [0.1, 0.15) is 35.9 Å². The summed E-state index contributed by atoms with van der Waals surface area (Å²) in [5.41, 5.74) is 2.57. The number of rotatable bonds is 11. The predicted octanol–water partition coefficient (Wildman–Crippen LogP) is 4.59. The third-order valence-corrected chi connectivity index (χ3v) is 5.95. The first kappa shape index (κ1) is 19.3. The van der Waals surface area contributed by atoms with Crippen molar-refractivity contribution in [1.82, 2.24) is 0 Å². The summed E-state index contributed by atoms with van der Waals surface area (Å²) in [5, 5.41) is 0. The second-order valence-electron chi connectivity index (χ2n) is 8.02. The van der Waals surface area contributed by atoms with Crippen molar-refractivity contribution in [3.8, 4) is 11.5 Å². The fourth-order valence-corrected chi connectivity index (χ4v) is 3.21. The van der Waals surface area contributed by atoms with E-state index in [0.29, 0.717) is 13.2 Å². The van der Waals surface area contributed by atoms with E-state index < -0.39 is 0 Å². The number of benzene rings is 2. The van der Waals surface area contributed by atoms with Gasteiger partial charge >= 0.3 is 0 Å². The lowest BCUT2D eigenvalue weighted by atomic mass is 10.0. The van der Waals surface area contributed by atoms with Gasteiger partial charge in [-0.2, -0.15) is 0 Å². The molecule has 150 valence electrons. The van der Waals surface area contributed by atoms with Crippen molar-refractivity contribution < 1.29 is 18.9 Å². The number of aryl methyl sites for hydroxylation is 2. The topological polar surface area (TPSA) is 43.5 Å². The molecule has 0 saturated carbocycles. The maximum Gasteiger partial charge on any atom is 0.125 e. The van der Waals surface area contributed by atoms with E-state index in [-0.39, 0.29) is 11.2 Å². The molecule has 4 heteroatoms. The molecule has 2 aromatic rings. The summed E-state index contributed by atoms with van der Waals surface area (Å²) in [6, 6.07) is 16.8. The number of ether oxygens (including phenoxy) is 4. The summed E-state index contributed by atoms with van der Waals surface area (Å²) < 4.78 is 22.7. The van der Waals surface area contributed by atoms with Crippen molar-refractivity contribution in [2.75, 3.05) is 26.4 Å². The van der Waals surface area contributed by atoms with Crippen LogP contribution in [0.15, 0.2) is 48.5 Å². The van der Waals surface area contributed by atoms with E-state index in [0.717, 1.165) is 50.4 Å². The van der Waals surface area contributed by atoms with Crippen molar-refractivity contribution in [1.29, 1.82) is 0 Å². The number of hydrogen-bond acceptors (Lipinski definition) is 4. The van der Waals surface area contributed by atoms with E-state index in [2.05, 4.69) is 62.4 Å². The quantitative estimate of drug-likeness (QED) is 0.533. The molecule has 0 spiro atoms. The SMILES string of the molecule is CCC1(COc2ccc(CCc3ccc(OCC4(CC)CO4)cc3)cc2)CO1. The van der Waals surface area contributed by atoms with Crippen LogP contribution in [0.5, 0.6) is 11.5 Å². The molecule has 4 rings (SSSR count). The van der Waals surface area contributed by atoms with Gasteiger partial charge in [0.05, 0.1) is 13.2 Å². The summed E-state index contributed by atoms with van der Waals surface area (Å²) in [4.78, 5) is 0. The van der Waals surface area contributed by atoms with Crippen LogP contribution < -0.4 is 9.47 Å². The Morgan fingerprint density at radius 2 is 1.04 bits per heavy atom. The van der Waals surface area contributed by atoms with Crippen LogP contribution in [0.1, 0.15) is 37.8 Å². The van der Waals surface area contributed by atoms with Gasteiger partial charge in [0.2, 0.25) is 0 Å². The van der Waals surface area contributed by atoms with Crippen LogP contribution in [0, 0.1) is 0 Å². The van der Waals surface area contributed by atoms with Gasteiger partial charge in [-0.15, -0.1) is 0 Å². The van der Waals surface area contributed by atoms with E-state index in [1.807, 2.05) is 0 Å². The number of epoxide rings is 2. The maximum atomic E-state index is 5.87. The van der Waals surface area contributed by atoms with Gasteiger partial charge < -0.3 is 18.9 Å². The first-order chi connectivity index (χ1) is 13.6. The molecular formula is C24H30O4. The van der Waals surface area contributed by atoms with Gasteiger partial charge in [0.15, 0.2) is 0 Å². The lowest BCUT2D eigenvalue weighted by molar-refractivity contribution is 0.185. The van der Waals surface area contributed by atoms with Gasteiger partial charge in [-0.1, -0.05) is 38.1 Å². The van der Waals surface area contributed by atoms with E-state index in [9.17, 15) is 0 Å². The van der Waals surface area contributed by atoms with E-state index in [4.69, 9.17) is 18.9 Å². The second-order valence-corrected chi connectivity index (χ2v) is 8.02. The Morgan fingerprint density at radius 1 is 0.679 bits per heavy atom. The highest BCUT2D eigenvalue weighted by Crippen LogP contribution is 2.32. The average Bonchev–Trinajstić information content (AvgIpc) is 3.67. The zero-order valence-corrected chi connectivity index (χ0v) is 16.9. The Balaban J connectivity index is 1.21. The van der Waals surface area contributed by atoms with Crippen LogP contribution in [0.2, 0.25) is 0 Å². The highest BCUT2D eigenvalue weighted by molar-refractivity contribution is 5.30. The van der Waals surface area contributed by atoms with Crippen molar-refractivity contribution in [3.63, 3.8) is 0 Å². The molecule has 2 unspecified atom stereocenters. The molecule has 2 atom stereocenters. The van der Waals surface area contributed by atoms with Crippen LogP contribution in [0.25, 0.3) is 0 Å². The van der Waals surface area contributed by atoms with Crippen LogP contribution in [-0.4, -0.2) is 37.6 Å². The third-order valence-electron chi connectivity index (χ3n) is 5.95. The molecule has 2 fully saturated rings. The zero-order valence-electron chi connectivity index (χ0n) is 16.9. The first-order valence-corrected chi connectivity index (χ1v) is 10.4. The van der Waals surface area contributed by atoms with Gasteiger partial charge in [-0.05, 0) is 61.1 Å². The molecule has 28 heavy (non-hydrogen) atoms. The lowest BCUT2D eigenvalue weighted by Gasteiger charge is -2.12. The molecule has 2 aliphatic rings. The van der Waals surface area contributed by atoms with Crippen LogP contribution in [-0.2, 0) is 22.3 Å². The minimum Gasteiger partial charge on any atom is -0.490 e. The average molecular weight is 383 g/mol. The normalized spacial score (nSPS) is 25.4. The molecule has 4 nitrogen and oxygen atoms in total. The molecule has 2 saturated heterocycles. The van der Waals surface area contributed by atoms with Crippen LogP contribution >= 0.6 is 0 Å². The Morgan fingerprint density at radius 3 is 1.32 bits per heavy atom. The molecule has 0 amide bonds. The van der Waals surface area contributed by atoms with E-state index in [1.54, 1.807) is 0 Å². The third kappa shape index (κ3) is 4.86.